The molecule has 29 heavy (non-hydrogen) atoms. The molecule has 5 nitrogen and oxygen atoms in total. The number of amides is 1. The number of hydrogen-bond donors (Lipinski definition) is 1. The predicted molar refractivity (Wildman–Crippen MR) is 114 cm³/mol. The maximum atomic E-state index is 12.6. The second-order valence-corrected chi connectivity index (χ2v) is 6.55. The molecule has 0 aliphatic carbocycles. The Morgan fingerprint density at radius 2 is 1.62 bits per heavy atom. The highest BCUT2D eigenvalue weighted by molar-refractivity contribution is 6.04. The van der Waals surface area contributed by atoms with Gasteiger partial charge in [-0.15, -0.1) is 0 Å². The number of hydrogen-bond acceptors (Lipinski definition) is 4. The molecule has 0 aromatic heterocycles. The van der Waals surface area contributed by atoms with Crippen molar-refractivity contribution in [2.24, 2.45) is 0 Å². The lowest BCUT2D eigenvalue weighted by atomic mass is 10.1. The third-order valence-electron chi connectivity index (χ3n) is 4.36. The molecule has 0 unspecified atom stereocenters. The van der Waals surface area contributed by atoms with Gasteiger partial charge in [-0.05, 0) is 61.9 Å². The fourth-order valence-electron chi connectivity index (χ4n) is 2.78. The van der Waals surface area contributed by atoms with E-state index in [9.17, 15) is 4.79 Å². The second kappa shape index (κ2) is 9.64. The molecule has 0 aliphatic rings. The number of carbonyl (C=O) groups is 1. The summed E-state index contributed by atoms with van der Waals surface area (Å²) in [5.41, 5.74) is 3.44. The Morgan fingerprint density at radius 3 is 2.28 bits per heavy atom. The Kier molecular flexibility index (Phi) is 6.74. The zero-order valence-corrected chi connectivity index (χ0v) is 16.9. The van der Waals surface area contributed by atoms with Gasteiger partial charge in [-0.1, -0.05) is 29.8 Å². The molecule has 0 spiro atoms. The molecule has 0 saturated carbocycles. The van der Waals surface area contributed by atoms with Crippen molar-refractivity contribution >= 4 is 11.6 Å². The van der Waals surface area contributed by atoms with Crippen LogP contribution in [0.1, 0.15) is 28.4 Å². The highest BCUT2D eigenvalue weighted by atomic mass is 16.5. The lowest BCUT2D eigenvalue weighted by Crippen LogP contribution is -2.12. The number of rotatable bonds is 8. The van der Waals surface area contributed by atoms with Crippen LogP contribution in [0.25, 0.3) is 0 Å². The smallest absolute Gasteiger partial charge is 0.255 e. The van der Waals surface area contributed by atoms with E-state index in [0.29, 0.717) is 36.0 Å². The van der Waals surface area contributed by atoms with Gasteiger partial charge in [0.1, 0.15) is 12.4 Å². The number of anilines is 1. The van der Waals surface area contributed by atoms with Crippen LogP contribution in [-0.4, -0.2) is 19.6 Å². The standard InChI is InChI=1S/C24H25NO4/c1-4-28-21-12-10-20(11-13-21)25-24(26)19-9-14-22(23(15-19)27-3)29-16-18-7-5-17(2)6-8-18/h5-15H,4,16H2,1-3H3,(H,25,26). The van der Waals surface area contributed by atoms with E-state index in [2.05, 4.69) is 5.32 Å². The van der Waals surface area contributed by atoms with Crippen LogP contribution >= 0.6 is 0 Å². The minimum Gasteiger partial charge on any atom is -0.494 e. The summed E-state index contributed by atoms with van der Waals surface area (Å²) in [6.07, 6.45) is 0. The van der Waals surface area contributed by atoms with E-state index in [4.69, 9.17) is 14.2 Å². The van der Waals surface area contributed by atoms with Crippen molar-refractivity contribution < 1.29 is 19.0 Å². The quantitative estimate of drug-likeness (QED) is 0.571. The first-order chi connectivity index (χ1) is 14.1. The summed E-state index contributed by atoms with van der Waals surface area (Å²) < 4.78 is 16.7. The molecule has 0 bridgehead atoms. The minimum absolute atomic E-state index is 0.224. The van der Waals surface area contributed by atoms with Crippen LogP contribution in [0.3, 0.4) is 0 Å². The van der Waals surface area contributed by atoms with E-state index in [1.807, 2.05) is 50.2 Å². The molecule has 0 radical (unpaired) electrons. The lowest BCUT2D eigenvalue weighted by molar-refractivity contribution is 0.102. The molecule has 0 atom stereocenters. The summed E-state index contributed by atoms with van der Waals surface area (Å²) in [5, 5.41) is 2.87. The van der Waals surface area contributed by atoms with Crippen molar-refractivity contribution in [2.45, 2.75) is 20.5 Å². The van der Waals surface area contributed by atoms with Crippen LogP contribution in [0.4, 0.5) is 5.69 Å². The van der Waals surface area contributed by atoms with Gasteiger partial charge in [-0.25, -0.2) is 0 Å². The molecule has 0 aliphatic heterocycles. The summed E-state index contributed by atoms with van der Waals surface area (Å²) >= 11 is 0. The molecule has 3 rings (SSSR count). The Bertz CT molecular complexity index is 950. The summed E-state index contributed by atoms with van der Waals surface area (Å²) in [4.78, 5) is 12.6. The van der Waals surface area contributed by atoms with Gasteiger partial charge in [0.2, 0.25) is 0 Å². The third-order valence-corrected chi connectivity index (χ3v) is 4.36. The van der Waals surface area contributed by atoms with Crippen molar-refractivity contribution in [3.8, 4) is 17.2 Å². The van der Waals surface area contributed by atoms with Gasteiger partial charge in [-0.3, -0.25) is 4.79 Å². The minimum atomic E-state index is -0.224. The molecule has 5 heteroatoms. The number of benzene rings is 3. The number of methoxy groups -OCH3 is 1. The SMILES string of the molecule is CCOc1ccc(NC(=O)c2ccc(OCc3ccc(C)cc3)c(OC)c2)cc1. The van der Waals surface area contributed by atoms with Crippen LogP contribution in [-0.2, 0) is 6.61 Å². The maximum Gasteiger partial charge on any atom is 0.255 e. The van der Waals surface area contributed by atoms with Crippen molar-refractivity contribution in [1.29, 1.82) is 0 Å². The van der Waals surface area contributed by atoms with Crippen LogP contribution in [0.5, 0.6) is 17.2 Å². The van der Waals surface area contributed by atoms with Gasteiger partial charge < -0.3 is 19.5 Å². The molecule has 3 aromatic carbocycles. The van der Waals surface area contributed by atoms with Crippen LogP contribution in [0.2, 0.25) is 0 Å². The van der Waals surface area contributed by atoms with Gasteiger partial charge in [0.05, 0.1) is 13.7 Å². The normalized spacial score (nSPS) is 10.3. The highest BCUT2D eigenvalue weighted by Gasteiger charge is 2.12. The van der Waals surface area contributed by atoms with E-state index in [1.54, 1.807) is 37.4 Å². The van der Waals surface area contributed by atoms with Crippen LogP contribution in [0, 0.1) is 6.92 Å². The van der Waals surface area contributed by atoms with E-state index < -0.39 is 0 Å². The largest absolute Gasteiger partial charge is 0.494 e. The Hall–Kier alpha value is -3.47. The Balaban J connectivity index is 1.66. The third kappa shape index (κ3) is 5.51. The Labute approximate surface area is 171 Å². The molecule has 0 fully saturated rings. The van der Waals surface area contributed by atoms with Crippen LogP contribution in [0.15, 0.2) is 66.7 Å². The molecule has 1 amide bonds. The summed E-state index contributed by atoms with van der Waals surface area (Å²) in [6.45, 7) is 5.00. The van der Waals surface area contributed by atoms with Gasteiger partial charge in [-0.2, -0.15) is 0 Å². The first-order valence-corrected chi connectivity index (χ1v) is 9.49. The molecular weight excluding hydrogens is 366 g/mol. The lowest BCUT2D eigenvalue weighted by Gasteiger charge is -2.13. The molecular formula is C24H25NO4. The first-order valence-electron chi connectivity index (χ1n) is 9.49. The molecule has 3 aromatic rings. The second-order valence-electron chi connectivity index (χ2n) is 6.55. The van der Waals surface area contributed by atoms with Gasteiger partial charge in [0.25, 0.3) is 5.91 Å². The maximum absolute atomic E-state index is 12.6. The highest BCUT2D eigenvalue weighted by Crippen LogP contribution is 2.29. The predicted octanol–water partition coefficient (Wildman–Crippen LogP) is 5.23. The number of nitrogens with one attached hydrogen (secondary N) is 1. The Morgan fingerprint density at radius 1 is 0.897 bits per heavy atom. The first kappa shape index (κ1) is 20.3. The monoisotopic (exact) mass is 391 g/mol. The molecule has 0 saturated heterocycles. The van der Waals surface area contributed by atoms with Crippen molar-refractivity contribution in [3.63, 3.8) is 0 Å². The summed E-state index contributed by atoms with van der Waals surface area (Å²) in [6, 6.07) is 20.5. The van der Waals surface area contributed by atoms with Crippen molar-refractivity contribution in [1.82, 2.24) is 0 Å². The summed E-state index contributed by atoms with van der Waals surface area (Å²) in [7, 11) is 1.56. The van der Waals surface area contributed by atoms with Crippen LogP contribution < -0.4 is 19.5 Å². The van der Waals surface area contributed by atoms with E-state index >= 15 is 0 Å². The van der Waals surface area contributed by atoms with Gasteiger partial charge in [0, 0.05) is 11.3 Å². The van der Waals surface area contributed by atoms with Gasteiger partial charge >= 0.3 is 0 Å². The fraction of sp³-hybridized carbons (Fsp3) is 0.208. The number of aryl methyl sites for hydroxylation is 1. The number of ether oxygens (including phenoxy) is 3. The molecule has 1 N–H and O–H groups in total. The molecule has 150 valence electrons. The fourth-order valence-corrected chi connectivity index (χ4v) is 2.78. The average molecular weight is 391 g/mol. The topological polar surface area (TPSA) is 56.8 Å². The number of carbonyl (C=O) groups excluding carboxylic acids is 1. The zero-order chi connectivity index (χ0) is 20.6. The molecule has 0 heterocycles. The summed E-state index contributed by atoms with van der Waals surface area (Å²) in [5.74, 6) is 1.64. The van der Waals surface area contributed by atoms with E-state index in [1.165, 1.54) is 5.56 Å². The zero-order valence-electron chi connectivity index (χ0n) is 16.9. The van der Waals surface area contributed by atoms with E-state index in [-0.39, 0.29) is 5.91 Å². The van der Waals surface area contributed by atoms with Crippen molar-refractivity contribution in [2.75, 3.05) is 19.0 Å². The van der Waals surface area contributed by atoms with Crippen molar-refractivity contribution in [3.05, 3.63) is 83.4 Å². The van der Waals surface area contributed by atoms with E-state index in [0.717, 1.165) is 11.3 Å². The van der Waals surface area contributed by atoms with Gasteiger partial charge in [0.15, 0.2) is 11.5 Å². The average Bonchev–Trinajstić information content (AvgIpc) is 2.74.